The van der Waals surface area contributed by atoms with Crippen molar-refractivity contribution >= 4 is 11.9 Å². The van der Waals surface area contributed by atoms with Crippen LogP contribution in [-0.4, -0.2) is 17.0 Å². The summed E-state index contributed by atoms with van der Waals surface area (Å²) in [6.45, 7) is 0.376. The summed E-state index contributed by atoms with van der Waals surface area (Å²) in [6.07, 6.45) is 0.611. The minimum Gasteiger partial charge on any atom is -0.489 e. The van der Waals surface area contributed by atoms with Crippen LogP contribution >= 0.6 is 0 Å². The molecule has 5 heteroatoms. The average molecular weight is 376 g/mol. The number of hydrogen-bond acceptors (Lipinski definition) is 4. The van der Waals surface area contributed by atoms with Gasteiger partial charge in [0.15, 0.2) is 0 Å². The Hall–Kier alpha value is -3.60. The molecule has 3 aromatic rings. The lowest BCUT2D eigenvalue weighted by Gasteiger charge is -2.08. The van der Waals surface area contributed by atoms with Crippen molar-refractivity contribution in [1.29, 1.82) is 0 Å². The summed E-state index contributed by atoms with van der Waals surface area (Å²) in [5.74, 6) is -0.0233. The van der Waals surface area contributed by atoms with Gasteiger partial charge >= 0.3 is 11.9 Å². The number of esters is 1. The Morgan fingerprint density at radius 1 is 0.750 bits per heavy atom. The second-order valence-electron chi connectivity index (χ2n) is 6.23. The van der Waals surface area contributed by atoms with E-state index in [1.165, 1.54) is 0 Å². The maximum Gasteiger partial charge on any atom is 0.343 e. The second kappa shape index (κ2) is 9.37. The highest BCUT2D eigenvalue weighted by Gasteiger charge is 2.07. The van der Waals surface area contributed by atoms with Crippen LogP contribution in [0.5, 0.6) is 11.5 Å². The van der Waals surface area contributed by atoms with Gasteiger partial charge in [-0.1, -0.05) is 42.5 Å². The van der Waals surface area contributed by atoms with E-state index < -0.39 is 11.9 Å². The minimum absolute atomic E-state index is 0.112. The molecule has 0 saturated carbocycles. The zero-order valence-corrected chi connectivity index (χ0v) is 15.2. The predicted octanol–water partition coefficient (Wildman–Crippen LogP) is 4.50. The van der Waals surface area contributed by atoms with Crippen molar-refractivity contribution in [1.82, 2.24) is 0 Å². The van der Waals surface area contributed by atoms with E-state index in [0.717, 1.165) is 11.1 Å². The molecule has 0 atom stereocenters. The zero-order chi connectivity index (χ0) is 19.8. The van der Waals surface area contributed by atoms with E-state index >= 15 is 0 Å². The molecule has 0 unspecified atom stereocenters. The van der Waals surface area contributed by atoms with Crippen LogP contribution in [0.15, 0.2) is 78.9 Å². The molecule has 0 fully saturated rings. The molecule has 0 aliphatic carbocycles. The van der Waals surface area contributed by atoms with Crippen LogP contribution in [0.4, 0.5) is 0 Å². The number of aliphatic carboxylic acids is 1. The fourth-order valence-corrected chi connectivity index (χ4v) is 2.56. The molecule has 0 bridgehead atoms. The first kappa shape index (κ1) is 19.2. The quantitative estimate of drug-likeness (QED) is 0.463. The van der Waals surface area contributed by atoms with Crippen LogP contribution in [0, 0.1) is 0 Å². The number of carboxylic acid groups (broad SMARTS) is 1. The number of carboxylic acids is 1. The molecule has 5 nitrogen and oxygen atoms in total. The summed E-state index contributed by atoms with van der Waals surface area (Å²) >= 11 is 0. The predicted molar refractivity (Wildman–Crippen MR) is 105 cm³/mol. The van der Waals surface area contributed by atoms with Crippen molar-refractivity contribution in [3.05, 3.63) is 95.6 Å². The summed E-state index contributed by atoms with van der Waals surface area (Å²) in [6, 6.07) is 23.4. The highest BCUT2D eigenvalue weighted by atomic mass is 16.5. The molecule has 0 aromatic heterocycles. The Bertz CT molecular complexity index is 915. The molecule has 3 aromatic carbocycles. The van der Waals surface area contributed by atoms with Gasteiger partial charge in [-0.25, -0.2) is 4.79 Å². The van der Waals surface area contributed by atoms with E-state index in [1.807, 2.05) is 42.5 Å². The summed E-state index contributed by atoms with van der Waals surface area (Å²) in [7, 11) is 0. The van der Waals surface area contributed by atoms with Crippen molar-refractivity contribution < 1.29 is 24.2 Å². The van der Waals surface area contributed by atoms with Crippen LogP contribution in [0.25, 0.3) is 0 Å². The third kappa shape index (κ3) is 5.71. The fourth-order valence-electron chi connectivity index (χ4n) is 2.56. The first-order valence-electron chi connectivity index (χ1n) is 8.90. The topological polar surface area (TPSA) is 72.8 Å². The zero-order valence-electron chi connectivity index (χ0n) is 15.2. The van der Waals surface area contributed by atoms with Crippen LogP contribution in [0.1, 0.15) is 27.9 Å². The third-order valence-electron chi connectivity index (χ3n) is 4.10. The van der Waals surface area contributed by atoms with Crippen molar-refractivity contribution in [2.75, 3.05) is 0 Å². The molecule has 0 radical (unpaired) electrons. The minimum atomic E-state index is -0.807. The summed E-state index contributed by atoms with van der Waals surface area (Å²) in [5.41, 5.74) is 2.40. The summed E-state index contributed by atoms with van der Waals surface area (Å²) in [5, 5.41) is 8.71. The van der Waals surface area contributed by atoms with Crippen molar-refractivity contribution in [3.63, 3.8) is 0 Å². The van der Waals surface area contributed by atoms with E-state index in [-0.39, 0.29) is 6.42 Å². The highest BCUT2D eigenvalue weighted by Crippen LogP contribution is 2.18. The van der Waals surface area contributed by atoms with Crippen LogP contribution in [0.3, 0.4) is 0 Å². The lowest BCUT2D eigenvalue weighted by atomic mass is 10.1. The van der Waals surface area contributed by atoms with E-state index in [4.69, 9.17) is 14.6 Å². The molecule has 1 N–H and O–H groups in total. The Labute approximate surface area is 163 Å². The number of aryl methyl sites for hydroxylation is 1. The summed E-state index contributed by atoms with van der Waals surface area (Å²) < 4.78 is 11.1. The van der Waals surface area contributed by atoms with Crippen molar-refractivity contribution in [2.24, 2.45) is 0 Å². The molecule has 0 aliphatic rings. The Kier molecular flexibility index (Phi) is 6.41. The van der Waals surface area contributed by atoms with Gasteiger partial charge in [0.1, 0.15) is 18.1 Å². The van der Waals surface area contributed by atoms with E-state index in [0.29, 0.717) is 30.1 Å². The Morgan fingerprint density at radius 2 is 1.36 bits per heavy atom. The second-order valence-corrected chi connectivity index (χ2v) is 6.23. The van der Waals surface area contributed by atoms with Gasteiger partial charge < -0.3 is 14.6 Å². The van der Waals surface area contributed by atoms with Crippen LogP contribution in [0.2, 0.25) is 0 Å². The molecule has 0 spiro atoms. The maximum absolute atomic E-state index is 12.0. The number of benzene rings is 3. The van der Waals surface area contributed by atoms with Gasteiger partial charge in [0.05, 0.1) is 5.56 Å². The maximum atomic E-state index is 12.0. The lowest BCUT2D eigenvalue weighted by molar-refractivity contribution is -0.136. The van der Waals surface area contributed by atoms with Gasteiger partial charge in [-0.05, 0) is 53.9 Å². The van der Waals surface area contributed by atoms with Gasteiger partial charge in [-0.2, -0.15) is 0 Å². The first-order valence-corrected chi connectivity index (χ1v) is 8.90. The van der Waals surface area contributed by atoms with Crippen molar-refractivity contribution in [3.8, 4) is 11.5 Å². The van der Waals surface area contributed by atoms with Crippen LogP contribution < -0.4 is 9.47 Å². The van der Waals surface area contributed by atoms with Gasteiger partial charge in [-0.15, -0.1) is 0 Å². The SMILES string of the molecule is O=C(O)CCc1ccc(OCc2ccc(OC(=O)c3ccccc3)cc2)cc1. The molecule has 0 saturated heterocycles. The molecule has 0 heterocycles. The molecular formula is C23H20O5. The van der Waals surface area contributed by atoms with Crippen molar-refractivity contribution in [2.45, 2.75) is 19.4 Å². The number of rotatable bonds is 8. The molecule has 0 aliphatic heterocycles. The van der Waals surface area contributed by atoms with Gasteiger partial charge in [-0.3, -0.25) is 4.79 Å². The number of carbonyl (C=O) groups excluding carboxylic acids is 1. The fraction of sp³-hybridized carbons (Fsp3) is 0.130. The first-order chi connectivity index (χ1) is 13.6. The lowest BCUT2D eigenvalue weighted by Crippen LogP contribution is -2.08. The summed E-state index contributed by atoms with van der Waals surface area (Å²) in [4.78, 5) is 22.6. The number of hydrogen-bond donors (Lipinski definition) is 1. The van der Waals surface area contributed by atoms with Gasteiger partial charge in [0.2, 0.25) is 0 Å². The third-order valence-corrected chi connectivity index (χ3v) is 4.10. The standard InChI is InChI=1S/C23H20O5/c24-22(25)15-10-17-6-11-20(12-7-17)27-16-18-8-13-21(14-9-18)28-23(26)19-4-2-1-3-5-19/h1-9,11-14H,10,15-16H2,(H,24,25). The van der Waals surface area contributed by atoms with E-state index in [2.05, 4.69) is 0 Å². The van der Waals surface area contributed by atoms with E-state index in [1.54, 1.807) is 36.4 Å². The highest BCUT2D eigenvalue weighted by molar-refractivity contribution is 5.90. The Morgan fingerprint density at radius 3 is 2.00 bits per heavy atom. The largest absolute Gasteiger partial charge is 0.489 e. The molecular weight excluding hydrogens is 356 g/mol. The van der Waals surface area contributed by atoms with E-state index in [9.17, 15) is 9.59 Å². The Balaban J connectivity index is 1.50. The van der Waals surface area contributed by atoms with Crippen LogP contribution in [-0.2, 0) is 17.8 Å². The average Bonchev–Trinajstić information content (AvgIpc) is 2.73. The molecule has 3 rings (SSSR count). The molecule has 142 valence electrons. The number of ether oxygens (including phenoxy) is 2. The normalized spacial score (nSPS) is 10.3. The smallest absolute Gasteiger partial charge is 0.343 e. The molecule has 0 amide bonds. The van der Waals surface area contributed by atoms with Gasteiger partial charge in [0, 0.05) is 6.42 Å². The van der Waals surface area contributed by atoms with Gasteiger partial charge in [0.25, 0.3) is 0 Å². The monoisotopic (exact) mass is 376 g/mol. The molecule has 28 heavy (non-hydrogen) atoms. The number of carbonyl (C=O) groups is 2.